The van der Waals surface area contributed by atoms with Crippen molar-refractivity contribution in [1.82, 2.24) is 0 Å². The topological polar surface area (TPSA) is 49.4 Å². The molecule has 0 aliphatic carbocycles. The molecule has 0 spiro atoms. The van der Waals surface area contributed by atoms with Gasteiger partial charge >= 0.3 is 0 Å². The highest BCUT2D eigenvalue weighted by Crippen LogP contribution is 2.28. The van der Waals surface area contributed by atoms with E-state index in [1.165, 1.54) is 0 Å². The van der Waals surface area contributed by atoms with Crippen molar-refractivity contribution in [3.05, 3.63) is 58.1 Å². The molecule has 1 aliphatic rings. The first-order chi connectivity index (χ1) is 11.0. The highest BCUT2D eigenvalue weighted by atomic mass is 79.9. The van der Waals surface area contributed by atoms with Crippen LogP contribution >= 0.6 is 15.9 Å². The van der Waals surface area contributed by atoms with Gasteiger partial charge in [0, 0.05) is 16.7 Å². The summed E-state index contributed by atoms with van der Waals surface area (Å²) in [6.45, 7) is 2.62. The largest absolute Gasteiger partial charge is 0.325 e. The van der Waals surface area contributed by atoms with E-state index in [0.29, 0.717) is 12.2 Å². The number of para-hydroxylation sites is 1. The lowest BCUT2D eigenvalue weighted by atomic mass is 10.2. The molecule has 2 aromatic carbocycles. The Hall–Kier alpha value is -2.14. The lowest BCUT2D eigenvalue weighted by Gasteiger charge is -2.17. The summed E-state index contributed by atoms with van der Waals surface area (Å²) >= 11 is 3.42. The second kappa shape index (κ2) is 6.54. The van der Waals surface area contributed by atoms with Crippen molar-refractivity contribution in [2.75, 3.05) is 16.8 Å². The molecule has 4 nitrogen and oxygen atoms in total. The van der Waals surface area contributed by atoms with E-state index in [4.69, 9.17) is 0 Å². The summed E-state index contributed by atoms with van der Waals surface area (Å²) < 4.78 is 0.810. The fraction of sp³-hybridized carbons (Fsp3) is 0.222. The summed E-state index contributed by atoms with van der Waals surface area (Å²) in [6.07, 6.45) is 0.682. The number of anilines is 2. The van der Waals surface area contributed by atoms with Crippen molar-refractivity contribution in [3.8, 4) is 0 Å². The summed E-state index contributed by atoms with van der Waals surface area (Å²) in [4.78, 5) is 26.2. The van der Waals surface area contributed by atoms with E-state index >= 15 is 0 Å². The van der Waals surface area contributed by atoms with Crippen LogP contribution in [0.15, 0.2) is 46.9 Å². The Morgan fingerprint density at radius 1 is 1.22 bits per heavy atom. The molecule has 0 bridgehead atoms. The Kier molecular flexibility index (Phi) is 4.48. The third kappa shape index (κ3) is 3.45. The zero-order valence-electron chi connectivity index (χ0n) is 12.8. The highest BCUT2D eigenvalue weighted by Gasteiger charge is 2.25. The molecule has 2 aromatic rings. The number of amides is 2. The molecule has 0 radical (unpaired) electrons. The molecule has 23 heavy (non-hydrogen) atoms. The Morgan fingerprint density at radius 2 is 2.00 bits per heavy atom. The average molecular weight is 373 g/mol. The summed E-state index contributed by atoms with van der Waals surface area (Å²) in [5.74, 6) is -0.473. The number of benzene rings is 2. The van der Waals surface area contributed by atoms with E-state index < -0.39 is 0 Å². The predicted octanol–water partition coefficient (Wildman–Crippen LogP) is 3.68. The number of carbonyl (C=O) groups excluding carboxylic acids is 2. The summed E-state index contributed by atoms with van der Waals surface area (Å²) in [6, 6.07) is 13.5. The van der Waals surface area contributed by atoms with Crippen molar-refractivity contribution in [1.29, 1.82) is 0 Å². The maximum atomic E-state index is 12.4. The number of rotatable bonds is 3. The molecule has 0 unspecified atom stereocenters. The second-order valence-corrected chi connectivity index (χ2v) is 6.49. The zero-order valence-corrected chi connectivity index (χ0v) is 14.4. The van der Waals surface area contributed by atoms with E-state index in [1.807, 2.05) is 49.4 Å². The molecule has 0 fully saturated rings. The predicted molar refractivity (Wildman–Crippen MR) is 94.6 cm³/mol. The van der Waals surface area contributed by atoms with Gasteiger partial charge in [0.1, 0.15) is 6.42 Å². The van der Waals surface area contributed by atoms with E-state index in [-0.39, 0.29) is 18.2 Å². The molecule has 0 atom stereocenters. The van der Waals surface area contributed by atoms with Crippen molar-refractivity contribution in [3.63, 3.8) is 0 Å². The fourth-order valence-electron chi connectivity index (χ4n) is 2.75. The number of nitrogens with zero attached hydrogens (tertiary/aromatic N) is 1. The van der Waals surface area contributed by atoms with Crippen LogP contribution in [0.5, 0.6) is 0 Å². The van der Waals surface area contributed by atoms with Gasteiger partial charge in [-0.05, 0) is 58.6 Å². The van der Waals surface area contributed by atoms with Gasteiger partial charge in [-0.3, -0.25) is 9.59 Å². The molecule has 5 heteroatoms. The standard InChI is InChI=1S/C18H17BrN2O2/c1-12-6-7-15(14(19)10-12)20-17(22)11-18(23)21-9-8-13-4-2-3-5-16(13)21/h2-7,10H,8-9,11H2,1H3,(H,20,22). The fourth-order valence-corrected chi connectivity index (χ4v) is 3.34. The normalized spacial score (nSPS) is 12.9. The van der Waals surface area contributed by atoms with Gasteiger partial charge in [0.2, 0.25) is 11.8 Å². The quantitative estimate of drug-likeness (QED) is 0.835. The van der Waals surface area contributed by atoms with Crippen LogP contribution in [0.4, 0.5) is 11.4 Å². The van der Waals surface area contributed by atoms with Crippen molar-refractivity contribution >= 4 is 39.1 Å². The molecule has 1 heterocycles. The maximum Gasteiger partial charge on any atom is 0.236 e. The van der Waals surface area contributed by atoms with Crippen LogP contribution in [0, 0.1) is 6.92 Å². The second-order valence-electron chi connectivity index (χ2n) is 5.63. The number of halogens is 1. The van der Waals surface area contributed by atoms with Crippen LogP contribution in [0.1, 0.15) is 17.5 Å². The van der Waals surface area contributed by atoms with Gasteiger partial charge < -0.3 is 10.2 Å². The molecule has 2 amide bonds. The van der Waals surface area contributed by atoms with E-state index in [1.54, 1.807) is 4.90 Å². The molecule has 0 saturated carbocycles. The maximum absolute atomic E-state index is 12.4. The van der Waals surface area contributed by atoms with Crippen LogP contribution in [0.3, 0.4) is 0 Å². The van der Waals surface area contributed by atoms with Crippen LogP contribution in [-0.4, -0.2) is 18.4 Å². The number of fused-ring (bicyclic) bond motifs is 1. The molecule has 1 aliphatic heterocycles. The Balaban J connectivity index is 1.65. The summed E-state index contributed by atoms with van der Waals surface area (Å²) in [5.41, 5.74) is 3.85. The third-order valence-electron chi connectivity index (χ3n) is 3.90. The van der Waals surface area contributed by atoms with Gasteiger partial charge in [0.05, 0.1) is 5.69 Å². The lowest BCUT2D eigenvalue weighted by Crippen LogP contribution is -2.32. The number of aryl methyl sites for hydroxylation is 1. The lowest BCUT2D eigenvalue weighted by molar-refractivity contribution is -0.125. The van der Waals surface area contributed by atoms with Gasteiger partial charge in [0.15, 0.2) is 0 Å². The minimum absolute atomic E-state index is 0.158. The molecule has 1 N–H and O–H groups in total. The van der Waals surface area contributed by atoms with Crippen LogP contribution in [0.2, 0.25) is 0 Å². The highest BCUT2D eigenvalue weighted by molar-refractivity contribution is 9.10. The SMILES string of the molecule is Cc1ccc(NC(=O)CC(=O)N2CCc3ccccc32)c(Br)c1. The van der Waals surface area contributed by atoms with Crippen molar-refractivity contribution in [2.24, 2.45) is 0 Å². The van der Waals surface area contributed by atoms with Gasteiger partial charge in [0.25, 0.3) is 0 Å². The zero-order chi connectivity index (χ0) is 16.4. The smallest absolute Gasteiger partial charge is 0.236 e. The van der Waals surface area contributed by atoms with Gasteiger partial charge in [-0.25, -0.2) is 0 Å². The number of hydrogen-bond donors (Lipinski definition) is 1. The number of carbonyl (C=O) groups is 2. The number of nitrogens with one attached hydrogen (secondary N) is 1. The molecule has 118 valence electrons. The Bertz CT molecular complexity index is 773. The molecular weight excluding hydrogens is 356 g/mol. The summed E-state index contributed by atoms with van der Waals surface area (Å²) in [7, 11) is 0. The first-order valence-electron chi connectivity index (χ1n) is 7.49. The Labute approximate surface area is 143 Å². The van der Waals surface area contributed by atoms with Crippen LogP contribution < -0.4 is 10.2 Å². The first kappa shape index (κ1) is 15.7. The molecule has 0 saturated heterocycles. The Morgan fingerprint density at radius 3 is 2.78 bits per heavy atom. The minimum atomic E-state index is -0.302. The molecular formula is C18H17BrN2O2. The molecule has 0 aromatic heterocycles. The van der Waals surface area contributed by atoms with Gasteiger partial charge in [-0.1, -0.05) is 24.3 Å². The average Bonchev–Trinajstić information content (AvgIpc) is 2.94. The van der Waals surface area contributed by atoms with Crippen LogP contribution in [-0.2, 0) is 16.0 Å². The first-order valence-corrected chi connectivity index (χ1v) is 8.28. The minimum Gasteiger partial charge on any atom is -0.325 e. The summed E-state index contributed by atoms with van der Waals surface area (Å²) in [5, 5.41) is 2.78. The monoisotopic (exact) mass is 372 g/mol. The molecule has 3 rings (SSSR count). The van der Waals surface area contributed by atoms with Gasteiger partial charge in [-0.15, -0.1) is 0 Å². The van der Waals surface area contributed by atoms with Crippen molar-refractivity contribution < 1.29 is 9.59 Å². The number of hydrogen-bond acceptors (Lipinski definition) is 2. The van der Waals surface area contributed by atoms with E-state index in [2.05, 4.69) is 21.2 Å². The van der Waals surface area contributed by atoms with Crippen LogP contribution in [0.25, 0.3) is 0 Å². The van der Waals surface area contributed by atoms with E-state index in [0.717, 1.165) is 27.7 Å². The third-order valence-corrected chi connectivity index (χ3v) is 4.55. The van der Waals surface area contributed by atoms with Crippen molar-refractivity contribution in [2.45, 2.75) is 19.8 Å². The van der Waals surface area contributed by atoms with Gasteiger partial charge in [-0.2, -0.15) is 0 Å². The van der Waals surface area contributed by atoms with E-state index in [9.17, 15) is 9.59 Å².